The summed E-state index contributed by atoms with van der Waals surface area (Å²) in [5, 5.41) is 0. The van der Waals surface area contributed by atoms with E-state index in [2.05, 4.69) is 0 Å². The van der Waals surface area contributed by atoms with Gasteiger partial charge in [0.05, 0.1) is 5.75 Å². The van der Waals surface area contributed by atoms with Crippen LogP contribution in [0.4, 0.5) is 57.1 Å². The first-order valence-corrected chi connectivity index (χ1v) is 9.04. The van der Waals surface area contributed by atoms with Crippen molar-refractivity contribution in [2.75, 3.05) is 25.2 Å². The average Bonchev–Trinajstić information content (AvgIpc) is 2.51. The Morgan fingerprint density at radius 2 is 1.10 bits per heavy atom. The Morgan fingerprint density at radius 1 is 0.724 bits per heavy atom. The number of halogens is 14. The fourth-order valence-electron chi connectivity index (χ4n) is 1.63. The molecule has 18 heteroatoms. The lowest BCUT2D eigenvalue weighted by Crippen LogP contribution is -2.70. The molecule has 0 amide bonds. The molecule has 0 aliphatic heterocycles. The van der Waals surface area contributed by atoms with Gasteiger partial charge in [-0.05, 0) is 0 Å². The van der Waals surface area contributed by atoms with Crippen molar-refractivity contribution < 1.29 is 65.5 Å². The molecule has 0 aromatic heterocycles. The Morgan fingerprint density at radius 3 is 1.45 bits per heavy atom. The van der Waals surface area contributed by atoms with E-state index in [0.29, 0.717) is 7.05 Å². The van der Waals surface area contributed by atoms with Crippen molar-refractivity contribution in [3.8, 4) is 0 Å². The quantitative estimate of drug-likeness (QED) is 0.322. The maximum absolute atomic E-state index is 13.5. The molecule has 0 saturated heterocycles. The summed E-state index contributed by atoms with van der Waals surface area (Å²) in [6.07, 6.45) is -10.3. The van der Waals surface area contributed by atoms with Crippen molar-refractivity contribution in [3.05, 3.63) is 0 Å². The van der Waals surface area contributed by atoms with Gasteiger partial charge in [-0.25, -0.2) is 12.7 Å². The molecule has 0 spiro atoms. The lowest BCUT2D eigenvalue weighted by Gasteiger charge is -2.39. The third-order valence-corrected chi connectivity index (χ3v) is 5.57. The fraction of sp³-hybridized carbons (Fsp3) is 1.00. The average molecular weight is 504 g/mol. The highest BCUT2D eigenvalue weighted by Crippen LogP contribution is 2.60. The van der Waals surface area contributed by atoms with Crippen LogP contribution in [0.1, 0.15) is 6.42 Å². The Hall–Kier alpha value is -0.710. The molecule has 0 fully saturated rings. The van der Waals surface area contributed by atoms with Crippen LogP contribution in [0.15, 0.2) is 0 Å². The lowest BCUT2D eigenvalue weighted by molar-refractivity contribution is -0.439. The smallest absolute Gasteiger partial charge is 0.212 e. The van der Waals surface area contributed by atoms with E-state index in [1.165, 1.54) is 0 Å². The summed E-state index contributed by atoms with van der Waals surface area (Å²) < 4.78 is 191. The van der Waals surface area contributed by atoms with E-state index >= 15 is 0 Å². The highest BCUT2D eigenvalue weighted by atomic mass is 35.5. The molecule has 0 bridgehead atoms. The van der Waals surface area contributed by atoms with Gasteiger partial charge in [-0.3, -0.25) is 0 Å². The van der Waals surface area contributed by atoms with Gasteiger partial charge in [-0.1, -0.05) is 0 Å². The zero-order valence-corrected chi connectivity index (χ0v) is 15.4. The summed E-state index contributed by atoms with van der Waals surface area (Å²) >= 11 is 5.13. The third kappa shape index (κ3) is 4.80. The fourth-order valence-corrected chi connectivity index (χ4v) is 3.18. The predicted molar refractivity (Wildman–Crippen MR) is 72.5 cm³/mol. The number of nitrogens with zero attached hydrogens (tertiary/aromatic N) is 1. The molecule has 0 radical (unpaired) electrons. The summed E-state index contributed by atoms with van der Waals surface area (Å²) in [6, 6.07) is 0. The largest absolute Gasteiger partial charge is 0.460 e. The van der Waals surface area contributed by atoms with Crippen molar-refractivity contribution in [1.29, 1.82) is 0 Å². The van der Waals surface area contributed by atoms with Crippen molar-refractivity contribution in [1.82, 2.24) is 4.31 Å². The van der Waals surface area contributed by atoms with Crippen LogP contribution in [0.5, 0.6) is 0 Å². The van der Waals surface area contributed by atoms with Crippen molar-refractivity contribution >= 4 is 21.6 Å². The summed E-state index contributed by atoms with van der Waals surface area (Å²) in [7, 11) is -4.18. The van der Waals surface area contributed by atoms with Crippen molar-refractivity contribution in [3.63, 3.8) is 0 Å². The second kappa shape index (κ2) is 8.09. The van der Waals surface area contributed by atoms with Crippen LogP contribution in [0.3, 0.4) is 0 Å². The number of hydrogen-bond acceptors (Lipinski definition) is 2. The molecule has 29 heavy (non-hydrogen) atoms. The zero-order valence-electron chi connectivity index (χ0n) is 13.8. The van der Waals surface area contributed by atoms with Crippen LogP contribution < -0.4 is 0 Å². The number of rotatable bonds is 10. The molecule has 0 saturated carbocycles. The molecule has 176 valence electrons. The van der Waals surface area contributed by atoms with Crippen molar-refractivity contribution in [2.24, 2.45) is 0 Å². The molecular weight excluding hydrogens is 493 g/mol. The monoisotopic (exact) mass is 503 g/mol. The van der Waals surface area contributed by atoms with Gasteiger partial charge in [0.1, 0.15) is 0 Å². The van der Waals surface area contributed by atoms with Gasteiger partial charge in [0, 0.05) is 25.9 Å². The van der Waals surface area contributed by atoms with E-state index < -0.39 is 70.4 Å². The number of sulfonamides is 1. The predicted octanol–water partition coefficient (Wildman–Crippen LogP) is 4.62. The van der Waals surface area contributed by atoms with Gasteiger partial charge in [0.15, 0.2) is 0 Å². The zero-order chi connectivity index (χ0) is 23.9. The van der Waals surface area contributed by atoms with E-state index in [0.717, 1.165) is 0 Å². The molecule has 0 heterocycles. The first-order valence-electron chi connectivity index (χ1n) is 6.90. The van der Waals surface area contributed by atoms with Gasteiger partial charge >= 0.3 is 35.8 Å². The van der Waals surface area contributed by atoms with Crippen molar-refractivity contribution in [2.45, 2.75) is 42.2 Å². The molecule has 0 aromatic rings. The molecule has 0 N–H and O–H groups in total. The minimum atomic E-state index is -8.01. The van der Waals surface area contributed by atoms with Gasteiger partial charge in [0.25, 0.3) is 0 Å². The summed E-state index contributed by atoms with van der Waals surface area (Å²) in [6.45, 7) is -0.572. The Bertz CT molecular complexity index is 677. The summed E-state index contributed by atoms with van der Waals surface area (Å²) in [5.41, 5.74) is 0. The maximum Gasteiger partial charge on any atom is 0.460 e. The molecule has 3 nitrogen and oxygen atoms in total. The SMILES string of the molecule is CN(CCCl)S(=O)(=O)CCC(F)(F)C(F)(F)C(F)(F)C(F)(F)C(F)(F)C(F)(F)F. The topological polar surface area (TPSA) is 37.4 Å². The minimum Gasteiger partial charge on any atom is -0.212 e. The Labute approximate surface area is 159 Å². The van der Waals surface area contributed by atoms with Gasteiger partial charge < -0.3 is 0 Å². The van der Waals surface area contributed by atoms with Crippen LogP contribution in [0.2, 0.25) is 0 Å². The second-order valence-corrected chi connectivity index (χ2v) is 8.15. The van der Waals surface area contributed by atoms with E-state index in [1.54, 1.807) is 0 Å². The van der Waals surface area contributed by atoms with E-state index in [-0.39, 0.29) is 4.31 Å². The van der Waals surface area contributed by atoms with Crippen LogP contribution in [-0.2, 0) is 10.0 Å². The molecule has 0 aliphatic carbocycles. The highest BCUT2D eigenvalue weighted by Gasteiger charge is 2.90. The third-order valence-electron chi connectivity index (χ3n) is 3.55. The number of hydrogen-bond donors (Lipinski definition) is 0. The highest BCUT2D eigenvalue weighted by molar-refractivity contribution is 7.89. The van der Waals surface area contributed by atoms with Gasteiger partial charge in [-0.15, -0.1) is 11.6 Å². The van der Waals surface area contributed by atoms with E-state index in [4.69, 9.17) is 11.6 Å². The van der Waals surface area contributed by atoms with E-state index in [1.807, 2.05) is 0 Å². The second-order valence-electron chi connectivity index (χ2n) is 5.58. The lowest BCUT2D eigenvalue weighted by atomic mass is 9.93. The van der Waals surface area contributed by atoms with Crippen LogP contribution in [0.25, 0.3) is 0 Å². The number of alkyl halides is 14. The molecule has 0 rings (SSSR count). The summed E-state index contributed by atoms with van der Waals surface area (Å²) in [5.74, 6) is -40.2. The normalized spacial score (nSPS) is 15.9. The van der Waals surface area contributed by atoms with Crippen LogP contribution >= 0.6 is 11.6 Å². The standard InChI is InChI=1S/C11H11ClF13NO2S/c1-26(4-3-12)29(27,28)5-2-6(13,14)7(15,16)8(17,18)9(19,20)10(21,22)11(23,24)25/h2-5H2,1H3. The van der Waals surface area contributed by atoms with E-state index in [9.17, 15) is 65.5 Å². The maximum atomic E-state index is 13.5. The van der Waals surface area contributed by atoms with Gasteiger partial charge in [-0.2, -0.15) is 57.1 Å². The Kier molecular flexibility index (Phi) is 7.89. The van der Waals surface area contributed by atoms with Gasteiger partial charge in [0.2, 0.25) is 10.0 Å². The molecular formula is C11H11ClF13NO2S. The molecule has 0 atom stereocenters. The first-order chi connectivity index (χ1) is 12.4. The first kappa shape index (κ1) is 28.3. The molecule has 0 unspecified atom stereocenters. The molecule has 0 aliphatic rings. The Balaban J connectivity index is 6.00. The summed E-state index contributed by atoms with van der Waals surface area (Å²) in [4.78, 5) is 0. The molecule has 0 aromatic carbocycles. The van der Waals surface area contributed by atoms with Crippen LogP contribution in [0, 0.1) is 0 Å². The minimum absolute atomic E-state index is 0.207. The van der Waals surface area contributed by atoms with Crippen LogP contribution in [-0.4, -0.2) is 73.7 Å².